The number of aliphatic imine (C=N–C) groups is 1. The third kappa shape index (κ3) is 5.70. The lowest BCUT2D eigenvalue weighted by molar-refractivity contribution is 0.599. The molecule has 1 aromatic carbocycles. The van der Waals surface area contributed by atoms with Crippen LogP contribution in [-0.2, 0) is 16.3 Å². The quantitative estimate of drug-likeness (QED) is 0.377. The molecule has 2 heterocycles. The zero-order valence-corrected chi connectivity index (χ0v) is 17.8. The van der Waals surface area contributed by atoms with Crippen molar-refractivity contribution in [2.75, 3.05) is 25.1 Å². The number of nitrogens with one attached hydrogen (secondary N) is 2. The first-order chi connectivity index (χ1) is 12.1. The van der Waals surface area contributed by atoms with E-state index in [9.17, 15) is 8.42 Å². The fourth-order valence-corrected chi connectivity index (χ4v) is 4.51. The highest BCUT2D eigenvalue weighted by atomic mass is 127. The first kappa shape index (κ1) is 20.7. The number of sulfone groups is 1. The maximum Gasteiger partial charge on any atom is 0.191 e. The van der Waals surface area contributed by atoms with Crippen LogP contribution >= 0.6 is 24.0 Å². The Morgan fingerprint density at radius 2 is 2.12 bits per heavy atom. The fraction of sp³-hybridized carbons (Fsp3) is 0.412. The van der Waals surface area contributed by atoms with E-state index in [0.717, 1.165) is 17.7 Å². The highest BCUT2D eigenvalue weighted by Crippen LogP contribution is 2.11. The molecule has 2 N–H and O–H groups in total. The normalized spacial score (nSPS) is 19.0. The molecule has 0 radical (unpaired) electrons. The number of para-hydroxylation sites is 1. The largest absolute Gasteiger partial charge is 0.356 e. The van der Waals surface area contributed by atoms with Gasteiger partial charge in [0.05, 0.1) is 23.4 Å². The summed E-state index contributed by atoms with van der Waals surface area (Å²) in [6.07, 6.45) is 5.30. The van der Waals surface area contributed by atoms with Crippen LogP contribution in [0.3, 0.4) is 0 Å². The molecule has 0 aliphatic carbocycles. The second-order valence-corrected chi connectivity index (χ2v) is 8.35. The number of hydrogen-bond acceptors (Lipinski definition) is 4. The van der Waals surface area contributed by atoms with Crippen molar-refractivity contribution < 1.29 is 8.42 Å². The van der Waals surface area contributed by atoms with Crippen LogP contribution in [0.2, 0.25) is 0 Å². The summed E-state index contributed by atoms with van der Waals surface area (Å²) in [5.41, 5.74) is 2.15. The van der Waals surface area contributed by atoms with Gasteiger partial charge >= 0.3 is 0 Å². The molecule has 1 aliphatic rings. The van der Waals surface area contributed by atoms with Gasteiger partial charge < -0.3 is 10.6 Å². The fourth-order valence-electron chi connectivity index (χ4n) is 2.83. The summed E-state index contributed by atoms with van der Waals surface area (Å²) in [4.78, 5) is 4.16. The van der Waals surface area contributed by atoms with Gasteiger partial charge in [0.25, 0.3) is 0 Å². The molecule has 1 unspecified atom stereocenters. The Hall–Kier alpha value is -1.62. The molecule has 3 rings (SSSR count). The van der Waals surface area contributed by atoms with Crippen molar-refractivity contribution in [2.24, 2.45) is 4.99 Å². The maximum atomic E-state index is 11.5. The average Bonchev–Trinajstić information content (AvgIpc) is 3.21. The summed E-state index contributed by atoms with van der Waals surface area (Å²) in [7, 11) is -1.21. The summed E-state index contributed by atoms with van der Waals surface area (Å²) < 4.78 is 24.9. The second-order valence-electron chi connectivity index (χ2n) is 6.12. The predicted octanol–water partition coefficient (Wildman–Crippen LogP) is 1.38. The Morgan fingerprint density at radius 3 is 2.77 bits per heavy atom. The van der Waals surface area contributed by atoms with Gasteiger partial charge in [0, 0.05) is 25.8 Å². The lowest BCUT2D eigenvalue weighted by atomic mass is 10.2. The van der Waals surface area contributed by atoms with E-state index in [-0.39, 0.29) is 41.5 Å². The highest BCUT2D eigenvalue weighted by molar-refractivity contribution is 14.0. The first-order valence-corrected chi connectivity index (χ1v) is 10.1. The summed E-state index contributed by atoms with van der Waals surface area (Å²) in [5.74, 6) is 1.07. The van der Waals surface area contributed by atoms with Crippen molar-refractivity contribution in [2.45, 2.75) is 18.9 Å². The van der Waals surface area contributed by atoms with Crippen molar-refractivity contribution >= 4 is 39.8 Å². The third-order valence-corrected chi connectivity index (χ3v) is 5.93. The van der Waals surface area contributed by atoms with E-state index in [4.69, 9.17) is 0 Å². The van der Waals surface area contributed by atoms with Gasteiger partial charge in [-0.3, -0.25) is 4.99 Å². The van der Waals surface area contributed by atoms with E-state index < -0.39 is 9.84 Å². The summed E-state index contributed by atoms with van der Waals surface area (Å²) in [6, 6.07) is 9.91. The number of rotatable bonds is 5. The average molecular weight is 489 g/mol. The predicted molar refractivity (Wildman–Crippen MR) is 114 cm³/mol. The molecule has 0 saturated carbocycles. The molecule has 7 nitrogen and oxygen atoms in total. The maximum absolute atomic E-state index is 11.5. The van der Waals surface area contributed by atoms with Crippen molar-refractivity contribution in [1.82, 2.24) is 20.4 Å². The molecule has 0 spiro atoms. The highest BCUT2D eigenvalue weighted by Gasteiger charge is 2.28. The molecule has 1 fully saturated rings. The Balaban J connectivity index is 0.00000243. The van der Waals surface area contributed by atoms with Crippen LogP contribution in [0.5, 0.6) is 0 Å². The monoisotopic (exact) mass is 489 g/mol. The van der Waals surface area contributed by atoms with E-state index >= 15 is 0 Å². The van der Waals surface area contributed by atoms with E-state index in [0.29, 0.717) is 18.9 Å². The number of benzene rings is 1. The Labute approximate surface area is 171 Å². The summed E-state index contributed by atoms with van der Waals surface area (Å²) in [6.45, 7) is 0.694. The Morgan fingerprint density at radius 1 is 1.35 bits per heavy atom. The third-order valence-electron chi connectivity index (χ3n) is 4.16. The van der Waals surface area contributed by atoms with Gasteiger partial charge in [0.1, 0.15) is 0 Å². The molecular formula is C17H24IN5O2S. The lowest BCUT2D eigenvalue weighted by Crippen LogP contribution is -2.44. The smallest absolute Gasteiger partial charge is 0.191 e. The molecule has 26 heavy (non-hydrogen) atoms. The number of guanidine groups is 1. The molecule has 1 aliphatic heterocycles. The molecule has 142 valence electrons. The molecule has 9 heteroatoms. The number of hydrogen-bond donors (Lipinski definition) is 2. The molecule has 2 aromatic rings. The zero-order valence-electron chi connectivity index (χ0n) is 14.6. The van der Waals surface area contributed by atoms with Crippen LogP contribution in [0.25, 0.3) is 5.69 Å². The molecule has 1 saturated heterocycles. The Kier molecular flexibility index (Phi) is 7.44. The van der Waals surface area contributed by atoms with Crippen LogP contribution in [0.1, 0.15) is 12.0 Å². The van der Waals surface area contributed by atoms with E-state index in [1.807, 2.05) is 47.4 Å². The van der Waals surface area contributed by atoms with Gasteiger partial charge in [-0.15, -0.1) is 24.0 Å². The molecule has 1 atom stereocenters. The molecule has 0 bridgehead atoms. The minimum Gasteiger partial charge on any atom is -0.356 e. The molecular weight excluding hydrogens is 465 g/mol. The number of aromatic nitrogens is 2. The van der Waals surface area contributed by atoms with Gasteiger partial charge in [-0.25, -0.2) is 13.1 Å². The van der Waals surface area contributed by atoms with Crippen molar-refractivity contribution in [3.05, 3.63) is 48.3 Å². The van der Waals surface area contributed by atoms with Gasteiger partial charge in [-0.05, 0) is 30.5 Å². The molecule has 0 amide bonds. The van der Waals surface area contributed by atoms with Crippen molar-refractivity contribution in [1.29, 1.82) is 0 Å². The van der Waals surface area contributed by atoms with Crippen molar-refractivity contribution in [3.63, 3.8) is 0 Å². The van der Waals surface area contributed by atoms with Crippen molar-refractivity contribution in [3.8, 4) is 5.69 Å². The minimum atomic E-state index is -2.89. The van der Waals surface area contributed by atoms with Gasteiger partial charge in [-0.1, -0.05) is 18.2 Å². The van der Waals surface area contributed by atoms with Crippen LogP contribution in [-0.4, -0.2) is 55.3 Å². The summed E-state index contributed by atoms with van der Waals surface area (Å²) in [5, 5.41) is 10.8. The van der Waals surface area contributed by atoms with E-state index in [1.54, 1.807) is 7.05 Å². The SMILES string of the molecule is CN=C(NCCc1cnn(-c2ccccc2)c1)NC1CCS(=O)(=O)C1.I. The van der Waals surface area contributed by atoms with Crippen LogP contribution in [0.15, 0.2) is 47.7 Å². The standard InChI is InChI=1S/C17H23N5O2S.HI/c1-18-17(21-15-8-10-25(23,24)13-15)19-9-7-14-11-20-22(12-14)16-5-3-2-4-6-16;/h2-6,11-12,15H,7-10,13H2,1H3,(H2,18,19,21);1H. The summed E-state index contributed by atoms with van der Waals surface area (Å²) >= 11 is 0. The number of halogens is 1. The van der Waals surface area contributed by atoms with E-state index in [1.165, 1.54) is 0 Å². The second kappa shape index (κ2) is 9.36. The zero-order chi connectivity index (χ0) is 17.7. The Bertz CT molecular complexity index is 836. The van der Waals surface area contributed by atoms with Crippen LogP contribution in [0, 0.1) is 0 Å². The van der Waals surface area contributed by atoms with Crippen LogP contribution < -0.4 is 10.6 Å². The lowest BCUT2D eigenvalue weighted by Gasteiger charge is -2.15. The van der Waals surface area contributed by atoms with Gasteiger partial charge in [0.2, 0.25) is 0 Å². The number of nitrogens with zero attached hydrogens (tertiary/aromatic N) is 3. The minimum absolute atomic E-state index is 0. The van der Waals surface area contributed by atoms with Gasteiger partial charge in [-0.2, -0.15) is 5.10 Å². The first-order valence-electron chi connectivity index (χ1n) is 8.32. The topological polar surface area (TPSA) is 88.4 Å². The molecule has 1 aromatic heterocycles. The van der Waals surface area contributed by atoms with Crippen LogP contribution in [0.4, 0.5) is 0 Å². The van der Waals surface area contributed by atoms with E-state index in [2.05, 4.69) is 20.7 Å². The van der Waals surface area contributed by atoms with Gasteiger partial charge in [0.15, 0.2) is 15.8 Å².